The second-order valence-electron chi connectivity index (χ2n) is 7.49. The minimum Gasteiger partial charge on any atom is -0.497 e. The quantitative estimate of drug-likeness (QED) is 0.725. The van der Waals surface area contributed by atoms with E-state index in [-0.39, 0.29) is 22.0 Å². The number of amides is 1. The van der Waals surface area contributed by atoms with Crippen molar-refractivity contribution >= 4 is 39.1 Å². The van der Waals surface area contributed by atoms with E-state index in [4.69, 9.17) is 9.47 Å². The van der Waals surface area contributed by atoms with Gasteiger partial charge in [0.05, 0.1) is 30.5 Å². The monoisotopic (exact) mass is 448 g/mol. The smallest absolute Gasteiger partial charge is 0.261 e. The lowest BCUT2D eigenvalue weighted by Crippen LogP contribution is -2.39. The molecule has 1 aliphatic heterocycles. The Hall–Kier alpha value is -2.39. The van der Waals surface area contributed by atoms with Gasteiger partial charge in [-0.05, 0) is 31.0 Å². The van der Waals surface area contributed by atoms with Gasteiger partial charge in [0.15, 0.2) is 0 Å². The summed E-state index contributed by atoms with van der Waals surface area (Å²) in [5.41, 5.74) is 0.999. The molecule has 1 aliphatic carbocycles. The first kappa shape index (κ1) is 20.9. The van der Waals surface area contributed by atoms with Crippen molar-refractivity contribution in [1.82, 2.24) is 0 Å². The maximum atomic E-state index is 13.1. The van der Waals surface area contributed by atoms with Gasteiger partial charge in [0, 0.05) is 40.8 Å². The normalized spacial score (nSPS) is 18.5. The topological polar surface area (TPSA) is 84.9 Å². The van der Waals surface area contributed by atoms with E-state index >= 15 is 0 Å². The predicted octanol–water partition coefficient (Wildman–Crippen LogP) is 3.74. The molecule has 1 unspecified atom stereocenters. The van der Waals surface area contributed by atoms with E-state index in [1.165, 1.54) is 14.2 Å². The fourth-order valence-corrected chi connectivity index (χ4v) is 5.58. The standard InChI is InChI=1S/C21H24N2O5S2/c1-13-12-23(21(24)14-4-5-14)19-11-18(6-7-20(19)29-13)30(25,26)22-15-8-16(27-2)10-17(9-15)28-3/h6-11,13-14,22H,4-5,12H2,1-3H3. The molecule has 1 saturated carbocycles. The van der Waals surface area contributed by atoms with E-state index in [0.717, 1.165) is 17.7 Å². The van der Waals surface area contributed by atoms with Crippen molar-refractivity contribution in [2.24, 2.45) is 5.92 Å². The van der Waals surface area contributed by atoms with Crippen LogP contribution in [0.1, 0.15) is 19.8 Å². The average Bonchev–Trinajstić information content (AvgIpc) is 3.57. The van der Waals surface area contributed by atoms with Crippen LogP contribution >= 0.6 is 11.8 Å². The van der Waals surface area contributed by atoms with Crippen LogP contribution in [0.15, 0.2) is 46.2 Å². The van der Waals surface area contributed by atoms with Gasteiger partial charge in [0.1, 0.15) is 11.5 Å². The molecule has 0 bridgehead atoms. The molecule has 1 amide bonds. The molecule has 1 heterocycles. The van der Waals surface area contributed by atoms with Crippen molar-refractivity contribution in [2.75, 3.05) is 30.4 Å². The molecule has 0 saturated heterocycles. The van der Waals surface area contributed by atoms with Crippen molar-refractivity contribution in [1.29, 1.82) is 0 Å². The molecule has 1 atom stereocenters. The lowest BCUT2D eigenvalue weighted by Gasteiger charge is -2.33. The Morgan fingerprint density at radius 2 is 1.77 bits per heavy atom. The summed E-state index contributed by atoms with van der Waals surface area (Å²) in [4.78, 5) is 15.6. The zero-order valence-electron chi connectivity index (χ0n) is 17.0. The molecular formula is C21H24N2O5S2. The Bertz CT molecular complexity index is 1060. The molecule has 7 nitrogen and oxygen atoms in total. The van der Waals surface area contributed by atoms with Gasteiger partial charge in [-0.3, -0.25) is 9.52 Å². The summed E-state index contributed by atoms with van der Waals surface area (Å²) in [6.07, 6.45) is 1.81. The molecule has 30 heavy (non-hydrogen) atoms. The lowest BCUT2D eigenvalue weighted by atomic mass is 10.2. The number of carbonyl (C=O) groups excluding carboxylic acids is 1. The van der Waals surface area contributed by atoms with Crippen molar-refractivity contribution in [3.8, 4) is 11.5 Å². The molecular weight excluding hydrogens is 424 g/mol. The Kier molecular flexibility index (Phi) is 5.59. The second kappa shape index (κ2) is 8.03. The van der Waals surface area contributed by atoms with Crippen LogP contribution in [0.3, 0.4) is 0 Å². The van der Waals surface area contributed by atoms with Gasteiger partial charge in [-0.1, -0.05) is 6.92 Å². The molecule has 160 valence electrons. The number of thioether (sulfide) groups is 1. The van der Waals surface area contributed by atoms with Crippen molar-refractivity contribution in [2.45, 2.75) is 34.8 Å². The molecule has 2 aromatic rings. The molecule has 1 N–H and O–H groups in total. The third-order valence-electron chi connectivity index (χ3n) is 5.10. The number of hydrogen-bond acceptors (Lipinski definition) is 6. The summed E-state index contributed by atoms with van der Waals surface area (Å²) in [5, 5.41) is 0.255. The zero-order chi connectivity index (χ0) is 21.5. The van der Waals surface area contributed by atoms with E-state index < -0.39 is 10.0 Å². The van der Waals surface area contributed by atoms with Crippen molar-refractivity contribution < 1.29 is 22.7 Å². The number of nitrogens with one attached hydrogen (secondary N) is 1. The first-order valence-corrected chi connectivity index (χ1v) is 12.0. The summed E-state index contributed by atoms with van der Waals surface area (Å²) in [7, 11) is -0.871. The van der Waals surface area contributed by atoms with E-state index in [1.54, 1.807) is 53.1 Å². The van der Waals surface area contributed by atoms with Gasteiger partial charge in [-0.25, -0.2) is 8.42 Å². The van der Waals surface area contributed by atoms with Gasteiger partial charge in [0.2, 0.25) is 5.91 Å². The summed E-state index contributed by atoms with van der Waals surface area (Å²) in [6, 6.07) is 9.77. The summed E-state index contributed by atoms with van der Waals surface area (Å²) in [6.45, 7) is 2.65. The molecule has 0 radical (unpaired) electrons. The number of carbonyl (C=O) groups is 1. The van der Waals surface area contributed by atoms with Crippen LogP contribution in [0, 0.1) is 5.92 Å². The first-order chi connectivity index (χ1) is 14.3. The number of benzene rings is 2. The highest BCUT2D eigenvalue weighted by Gasteiger charge is 2.37. The highest BCUT2D eigenvalue weighted by atomic mass is 32.2. The van der Waals surface area contributed by atoms with Gasteiger partial charge >= 0.3 is 0 Å². The molecule has 2 aromatic carbocycles. The number of rotatable bonds is 6. The van der Waals surface area contributed by atoms with Crippen LogP contribution in [-0.4, -0.2) is 40.3 Å². The Morgan fingerprint density at radius 1 is 1.10 bits per heavy atom. The summed E-state index contributed by atoms with van der Waals surface area (Å²) in [5.74, 6) is 1.10. The maximum Gasteiger partial charge on any atom is 0.261 e. The Morgan fingerprint density at radius 3 is 2.37 bits per heavy atom. The average molecular weight is 449 g/mol. The highest BCUT2D eigenvalue weighted by molar-refractivity contribution is 8.00. The van der Waals surface area contributed by atoms with Crippen molar-refractivity contribution in [3.63, 3.8) is 0 Å². The molecule has 1 fully saturated rings. The lowest BCUT2D eigenvalue weighted by molar-refractivity contribution is -0.119. The van der Waals surface area contributed by atoms with Gasteiger partial charge in [0.25, 0.3) is 10.0 Å². The first-order valence-electron chi connectivity index (χ1n) is 9.68. The minimum absolute atomic E-state index is 0.0655. The maximum absolute atomic E-state index is 13.1. The number of hydrogen-bond donors (Lipinski definition) is 1. The van der Waals surface area contributed by atoms with Crippen LogP contribution in [0.25, 0.3) is 0 Å². The summed E-state index contributed by atoms with van der Waals surface area (Å²) < 4.78 is 39.1. The number of anilines is 2. The van der Waals surface area contributed by atoms with E-state index in [2.05, 4.69) is 11.6 Å². The molecule has 9 heteroatoms. The zero-order valence-corrected chi connectivity index (χ0v) is 18.7. The SMILES string of the molecule is COc1cc(NS(=O)(=O)c2ccc3c(c2)N(C(=O)C2CC2)CC(C)S3)cc(OC)c1. The van der Waals surface area contributed by atoms with Gasteiger partial charge < -0.3 is 14.4 Å². The molecule has 0 aromatic heterocycles. The summed E-state index contributed by atoms with van der Waals surface area (Å²) >= 11 is 1.66. The highest BCUT2D eigenvalue weighted by Crippen LogP contribution is 2.42. The van der Waals surface area contributed by atoms with Crippen molar-refractivity contribution in [3.05, 3.63) is 36.4 Å². The predicted molar refractivity (Wildman–Crippen MR) is 117 cm³/mol. The number of ether oxygens (including phenoxy) is 2. The Labute approximate surface area is 180 Å². The van der Waals surface area contributed by atoms with Gasteiger partial charge in [-0.15, -0.1) is 11.8 Å². The second-order valence-corrected chi connectivity index (χ2v) is 10.7. The number of nitrogens with zero attached hydrogens (tertiary/aromatic N) is 1. The van der Waals surface area contributed by atoms with Crippen LogP contribution in [0.5, 0.6) is 11.5 Å². The number of sulfonamides is 1. The molecule has 4 rings (SSSR count). The fourth-order valence-electron chi connectivity index (χ4n) is 3.42. The fraction of sp³-hybridized carbons (Fsp3) is 0.381. The van der Waals surface area contributed by atoms with E-state index in [0.29, 0.717) is 29.4 Å². The minimum atomic E-state index is -3.87. The molecule has 0 spiro atoms. The van der Waals surface area contributed by atoms with Gasteiger partial charge in [-0.2, -0.15) is 0 Å². The Balaban J connectivity index is 1.67. The largest absolute Gasteiger partial charge is 0.497 e. The number of methoxy groups -OCH3 is 2. The van der Waals surface area contributed by atoms with Crippen LogP contribution < -0.4 is 19.1 Å². The third-order valence-corrected chi connectivity index (χ3v) is 7.63. The molecule has 2 aliphatic rings. The van der Waals surface area contributed by atoms with Crippen LogP contribution in [0.2, 0.25) is 0 Å². The van der Waals surface area contributed by atoms with Crippen LogP contribution in [-0.2, 0) is 14.8 Å². The third kappa shape index (κ3) is 4.22. The van der Waals surface area contributed by atoms with E-state index in [9.17, 15) is 13.2 Å². The van der Waals surface area contributed by atoms with Crippen LogP contribution in [0.4, 0.5) is 11.4 Å². The van der Waals surface area contributed by atoms with E-state index in [1.807, 2.05) is 0 Å². The number of fused-ring (bicyclic) bond motifs is 1.